The van der Waals surface area contributed by atoms with E-state index < -0.39 is 5.82 Å². The van der Waals surface area contributed by atoms with E-state index in [-0.39, 0.29) is 42.5 Å². The van der Waals surface area contributed by atoms with Crippen LogP contribution in [0.4, 0.5) is 4.39 Å². The number of thiazole rings is 1. The predicted molar refractivity (Wildman–Crippen MR) is 126 cm³/mol. The molecule has 1 aromatic carbocycles. The molecule has 1 atom stereocenters. The maximum Gasteiger partial charge on any atom is 0.350 e. The molecule has 0 bridgehead atoms. The molecule has 0 aliphatic carbocycles. The van der Waals surface area contributed by atoms with Crippen LogP contribution < -0.4 is 10.6 Å². The Kier molecular flexibility index (Phi) is 10.7. The summed E-state index contributed by atoms with van der Waals surface area (Å²) < 4.78 is 19.0. The third-order valence-electron chi connectivity index (χ3n) is 3.92. The highest BCUT2D eigenvalue weighted by Gasteiger charge is 2.20. The van der Waals surface area contributed by atoms with Crippen molar-refractivity contribution in [3.8, 4) is 6.07 Å². The van der Waals surface area contributed by atoms with Crippen LogP contribution in [0.1, 0.15) is 58.3 Å². The largest absolute Gasteiger partial charge is 0.462 e. The lowest BCUT2D eigenvalue weighted by atomic mass is 10.1. The van der Waals surface area contributed by atoms with Crippen molar-refractivity contribution in [2.45, 2.75) is 40.3 Å². The first kappa shape index (κ1) is 25.8. The molecule has 0 saturated heterocycles. The molecular formula is C20H25FIN5O2S. The van der Waals surface area contributed by atoms with Gasteiger partial charge in [-0.15, -0.1) is 35.3 Å². The van der Waals surface area contributed by atoms with E-state index >= 15 is 0 Å². The van der Waals surface area contributed by atoms with Gasteiger partial charge in [-0.1, -0.05) is 0 Å². The van der Waals surface area contributed by atoms with E-state index in [1.165, 1.54) is 29.5 Å². The molecule has 0 saturated carbocycles. The monoisotopic (exact) mass is 545 g/mol. The number of halogens is 2. The van der Waals surface area contributed by atoms with Crippen LogP contribution in [0, 0.1) is 24.1 Å². The zero-order valence-electron chi connectivity index (χ0n) is 17.3. The Bertz CT molecular complexity index is 942. The molecule has 0 radical (unpaired) electrons. The molecule has 2 aromatic rings. The summed E-state index contributed by atoms with van der Waals surface area (Å²) >= 11 is 1.27. The van der Waals surface area contributed by atoms with Crippen molar-refractivity contribution >= 4 is 47.2 Å². The summed E-state index contributed by atoms with van der Waals surface area (Å²) in [4.78, 5) is 21.4. The molecule has 0 aliphatic heterocycles. The molecule has 1 aromatic heterocycles. The van der Waals surface area contributed by atoms with Crippen LogP contribution in [0.15, 0.2) is 23.2 Å². The lowest BCUT2D eigenvalue weighted by Crippen LogP contribution is -2.38. The van der Waals surface area contributed by atoms with Crippen molar-refractivity contribution in [2.75, 3.05) is 13.2 Å². The fraction of sp³-hybridized carbons (Fsp3) is 0.400. The van der Waals surface area contributed by atoms with Crippen molar-refractivity contribution in [3.63, 3.8) is 0 Å². The number of aromatic nitrogens is 1. The average molecular weight is 545 g/mol. The second-order valence-corrected chi connectivity index (χ2v) is 7.20. The quantitative estimate of drug-likeness (QED) is 0.236. The van der Waals surface area contributed by atoms with Crippen LogP contribution in [-0.2, 0) is 11.3 Å². The van der Waals surface area contributed by atoms with Gasteiger partial charge in [0.05, 0.1) is 36.5 Å². The van der Waals surface area contributed by atoms with E-state index in [0.717, 1.165) is 0 Å². The van der Waals surface area contributed by atoms with Crippen LogP contribution in [-0.4, -0.2) is 30.1 Å². The first-order chi connectivity index (χ1) is 13.9. The van der Waals surface area contributed by atoms with Gasteiger partial charge in [0, 0.05) is 12.1 Å². The standard InChI is InChI=1S/C20H24FN5O2S.HI/c1-5-23-20(24-11-15-9-14(10-22)7-8-16(15)21)26-13(4)18-25-12(3)17(29-18)19(27)28-6-2;/h7-9,13H,5-6,11H2,1-4H3,(H2,23,24,26);1H. The molecule has 0 fully saturated rings. The summed E-state index contributed by atoms with van der Waals surface area (Å²) in [5.74, 6) is -0.312. The Morgan fingerprint density at radius 1 is 1.43 bits per heavy atom. The minimum absolute atomic E-state index is 0. The summed E-state index contributed by atoms with van der Waals surface area (Å²) in [7, 11) is 0. The normalized spacial score (nSPS) is 11.8. The Hall–Kier alpha value is -2.26. The average Bonchev–Trinajstić information content (AvgIpc) is 3.09. The van der Waals surface area contributed by atoms with Gasteiger partial charge in [-0.2, -0.15) is 5.26 Å². The number of nitriles is 1. The number of aryl methyl sites for hydroxylation is 1. The predicted octanol–water partition coefficient (Wildman–Crippen LogP) is 4.07. The van der Waals surface area contributed by atoms with E-state index in [1.807, 2.05) is 19.9 Å². The molecule has 7 nitrogen and oxygen atoms in total. The number of ether oxygens (including phenoxy) is 1. The number of benzene rings is 1. The van der Waals surface area contributed by atoms with Crippen LogP contribution >= 0.6 is 35.3 Å². The smallest absolute Gasteiger partial charge is 0.350 e. The maximum atomic E-state index is 14.0. The van der Waals surface area contributed by atoms with Crippen molar-refractivity contribution in [1.82, 2.24) is 15.6 Å². The fourth-order valence-corrected chi connectivity index (χ4v) is 3.47. The third kappa shape index (κ3) is 6.91. The molecule has 1 unspecified atom stereocenters. The number of rotatable bonds is 7. The van der Waals surface area contributed by atoms with E-state index in [4.69, 9.17) is 10.00 Å². The maximum absolute atomic E-state index is 14.0. The van der Waals surface area contributed by atoms with E-state index in [1.54, 1.807) is 13.8 Å². The number of hydrogen-bond acceptors (Lipinski definition) is 6. The molecular weight excluding hydrogens is 520 g/mol. The van der Waals surface area contributed by atoms with Crippen LogP contribution in [0.5, 0.6) is 0 Å². The SMILES string of the molecule is CCNC(=NCc1cc(C#N)ccc1F)NC(C)c1nc(C)c(C(=O)OCC)s1.I. The summed E-state index contributed by atoms with van der Waals surface area (Å²) in [6.45, 7) is 8.34. The highest BCUT2D eigenvalue weighted by atomic mass is 127. The molecule has 0 aliphatic rings. The number of aliphatic imine (C=N–C) groups is 1. The highest BCUT2D eigenvalue weighted by molar-refractivity contribution is 14.0. The number of nitrogens with zero attached hydrogens (tertiary/aromatic N) is 3. The van der Waals surface area contributed by atoms with Gasteiger partial charge in [0.2, 0.25) is 0 Å². The van der Waals surface area contributed by atoms with Gasteiger partial charge >= 0.3 is 5.97 Å². The van der Waals surface area contributed by atoms with E-state index in [9.17, 15) is 9.18 Å². The Labute approximate surface area is 196 Å². The van der Waals surface area contributed by atoms with Gasteiger partial charge in [0.25, 0.3) is 0 Å². The Balaban J connectivity index is 0.00000450. The Morgan fingerprint density at radius 2 is 2.17 bits per heavy atom. The van der Waals surface area contributed by atoms with Gasteiger partial charge in [-0.3, -0.25) is 0 Å². The van der Waals surface area contributed by atoms with Crippen LogP contribution in [0.3, 0.4) is 0 Å². The molecule has 162 valence electrons. The zero-order valence-corrected chi connectivity index (χ0v) is 20.4. The third-order valence-corrected chi connectivity index (χ3v) is 5.24. The first-order valence-corrected chi connectivity index (χ1v) is 10.1. The number of carbonyl (C=O) groups excluding carboxylic acids is 1. The minimum Gasteiger partial charge on any atom is -0.462 e. The van der Waals surface area contributed by atoms with Crippen molar-refractivity contribution < 1.29 is 13.9 Å². The molecule has 1 heterocycles. The van der Waals surface area contributed by atoms with Crippen LogP contribution in [0.25, 0.3) is 0 Å². The van der Waals surface area contributed by atoms with Gasteiger partial charge in [0.1, 0.15) is 15.7 Å². The topological polar surface area (TPSA) is 99.4 Å². The fourth-order valence-electron chi connectivity index (χ4n) is 2.51. The summed E-state index contributed by atoms with van der Waals surface area (Å²) in [5, 5.41) is 16.0. The number of guanidine groups is 1. The number of hydrogen-bond donors (Lipinski definition) is 2. The molecule has 10 heteroatoms. The van der Waals surface area contributed by atoms with Crippen molar-refractivity contribution in [3.05, 3.63) is 50.7 Å². The minimum atomic E-state index is -0.411. The number of carbonyl (C=O) groups is 1. The molecule has 0 amide bonds. The van der Waals surface area contributed by atoms with Gasteiger partial charge in [0.15, 0.2) is 5.96 Å². The summed E-state index contributed by atoms with van der Waals surface area (Å²) in [6.07, 6.45) is 0. The van der Waals surface area contributed by atoms with E-state index in [0.29, 0.717) is 45.8 Å². The first-order valence-electron chi connectivity index (χ1n) is 9.27. The lowest BCUT2D eigenvalue weighted by Gasteiger charge is -2.16. The zero-order chi connectivity index (χ0) is 21.4. The van der Waals surface area contributed by atoms with Crippen molar-refractivity contribution in [2.24, 2.45) is 4.99 Å². The second-order valence-electron chi connectivity index (χ2n) is 6.17. The summed E-state index contributed by atoms with van der Waals surface area (Å²) in [6, 6.07) is 5.95. The van der Waals surface area contributed by atoms with Crippen molar-refractivity contribution in [1.29, 1.82) is 5.26 Å². The lowest BCUT2D eigenvalue weighted by molar-refractivity contribution is 0.0531. The molecule has 0 spiro atoms. The number of nitrogens with one attached hydrogen (secondary N) is 2. The highest BCUT2D eigenvalue weighted by Crippen LogP contribution is 2.24. The van der Waals surface area contributed by atoms with E-state index in [2.05, 4.69) is 20.6 Å². The molecule has 30 heavy (non-hydrogen) atoms. The Morgan fingerprint density at radius 3 is 2.80 bits per heavy atom. The van der Waals surface area contributed by atoms with Gasteiger partial charge in [-0.05, 0) is 45.9 Å². The number of esters is 1. The summed E-state index contributed by atoms with van der Waals surface area (Å²) in [5.41, 5.74) is 1.34. The van der Waals surface area contributed by atoms with Gasteiger partial charge < -0.3 is 15.4 Å². The second kappa shape index (κ2) is 12.4. The van der Waals surface area contributed by atoms with Gasteiger partial charge in [-0.25, -0.2) is 19.2 Å². The molecule has 2 N–H and O–H groups in total. The van der Waals surface area contributed by atoms with Crippen LogP contribution in [0.2, 0.25) is 0 Å². The molecule has 2 rings (SSSR count).